The number of amides is 1. The number of nitrogens with zero attached hydrogens (tertiary/aromatic N) is 2. The molecule has 0 bridgehead atoms. The lowest BCUT2D eigenvalue weighted by Gasteiger charge is -2.33. The van der Waals surface area contributed by atoms with Crippen LogP contribution in [0.2, 0.25) is 0 Å². The smallest absolute Gasteiger partial charge is 0.243 e. The number of nitrogens with two attached hydrogens (primary N) is 1. The van der Waals surface area contributed by atoms with Gasteiger partial charge in [-0.15, -0.1) is 12.4 Å². The van der Waals surface area contributed by atoms with Gasteiger partial charge in [-0.1, -0.05) is 0 Å². The van der Waals surface area contributed by atoms with Crippen molar-refractivity contribution in [2.24, 2.45) is 17.6 Å². The number of carbonyl (C=O) groups is 1. The number of hydrogen-bond acceptors (Lipinski definition) is 4. The molecule has 1 aromatic rings. The Morgan fingerprint density at radius 3 is 2.46 bits per heavy atom. The summed E-state index contributed by atoms with van der Waals surface area (Å²) in [6.45, 7) is 2.50. The molecule has 0 aromatic heterocycles. The molecule has 1 amide bonds. The van der Waals surface area contributed by atoms with Gasteiger partial charge in [0.05, 0.1) is 10.8 Å². The Balaban J connectivity index is 0.00000243. The molecule has 1 aromatic carbocycles. The molecule has 26 heavy (non-hydrogen) atoms. The standard InChI is InChI=1S/C17H24FN3O3S.ClH/c18-15-3-5-16(6-4-15)25(23,24)21-8-1-2-14(12-21)17(22)20-9-7-13(10-19)11-20;/h3-6,13-14H,1-2,7-12,19H2;1H. The van der Waals surface area contributed by atoms with Crippen LogP contribution in [0.1, 0.15) is 19.3 Å². The minimum atomic E-state index is -3.71. The summed E-state index contributed by atoms with van der Waals surface area (Å²) in [6, 6.07) is 4.80. The van der Waals surface area contributed by atoms with E-state index in [1.54, 1.807) is 0 Å². The summed E-state index contributed by atoms with van der Waals surface area (Å²) in [7, 11) is -3.71. The largest absolute Gasteiger partial charge is 0.342 e. The van der Waals surface area contributed by atoms with Crippen LogP contribution in [0, 0.1) is 17.7 Å². The maximum Gasteiger partial charge on any atom is 0.243 e. The predicted molar refractivity (Wildman–Crippen MR) is 98.9 cm³/mol. The third kappa shape index (κ3) is 4.36. The predicted octanol–water partition coefficient (Wildman–Crippen LogP) is 1.46. The van der Waals surface area contributed by atoms with Crippen molar-refractivity contribution in [2.75, 3.05) is 32.7 Å². The molecule has 2 fully saturated rings. The average molecular weight is 406 g/mol. The van der Waals surface area contributed by atoms with Gasteiger partial charge in [-0.2, -0.15) is 4.31 Å². The van der Waals surface area contributed by atoms with Crippen molar-refractivity contribution < 1.29 is 17.6 Å². The zero-order chi connectivity index (χ0) is 18.0. The van der Waals surface area contributed by atoms with Gasteiger partial charge in [-0.25, -0.2) is 12.8 Å². The number of benzene rings is 1. The normalized spacial score (nSPS) is 24.3. The summed E-state index contributed by atoms with van der Waals surface area (Å²) in [5.74, 6) is -0.434. The molecule has 9 heteroatoms. The van der Waals surface area contributed by atoms with Gasteiger partial charge in [0.2, 0.25) is 15.9 Å². The van der Waals surface area contributed by atoms with E-state index in [2.05, 4.69) is 0 Å². The van der Waals surface area contributed by atoms with Crippen molar-refractivity contribution in [3.63, 3.8) is 0 Å². The van der Waals surface area contributed by atoms with Crippen molar-refractivity contribution in [1.82, 2.24) is 9.21 Å². The first-order chi connectivity index (χ1) is 11.9. The van der Waals surface area contributed by atoms with E-state index in [0.29, 0.717) is 44.9 Å². The van der Waals surface area contributed by atoms with E-state index in [-0.39, 0.29) is 35.7 Å². The van der Waals surface area contributed by atoms with Gasteiger partial charge in [0.25, 0.3) is 0 Å². The van der Waals surface area contributed by atoms with E-state index < -0.39 is 15.8 Å². The van der Waals surface area contributed by atoms with Crippen LogP contribution in [0.15, 0.2) is 29.2 Å². The molecule has 3 rings (SSSR count). The van der Waals surface area contributed by atoms with Gasteiger partial charge in [0.1, 0.15) is 5.82 Å². The van der Waals surface area contributed by atoms with Crippen LogP contribution in [0.25, 0.3) is 0 Å². The number of carbonyl (C=O) groups excluding carboxylic acids is 1. The fourth-order valence-corrected chi connectivity index (χ4v) is 5.13. The van der Waals surface area contributed by atoms with Crippen molar-refractivity contribution in [3.8, 4) is 0 Å². The van der Waals surface area contributed by atoms with E-state index in [9.17, 15) is 17.6 Å². The lowest BCUT2D eigenvalue weighted by atomic mass is 9.98. The van der Waals surface area contributed by atoms with Crippen LogP contribution in [0.5, 0.6) is 0 Å². The van der Waals surface area contributed by atoms with Crippen molar-refractivity contribution in [3.05, 3.63) is 30.1 Å². The Bertz CT molecular complexity index is 729. The number of piperidine rings is 1. The number of hydrogen-bond donors (Lipinski definition) is 1. The van der Waals surface area contributed by atoms with E-state index in [0.717, 1.165) is 18.6 Å². The summed E-state index contributed by atoms with van der Waals surface area (Å²) < 4.78 is 39.9. The molecule has 2 aliphatic heterocycles. The van der Waals surface area contributed by atoms with Crippen molar-refractivity contribution in [1.29, 1.82) is 0 Å². The molecule has 0 spiro atoms. The minimum Gasteiger partial charge on any atom is -0.342 e. The molecule has 2 unspecified atom stereocenters. The fraction of sp³-hybridized carbons (Fsp3) is 0.588. The minimum absolute atomic E-state index is 0. The molecule has 2 saturated heterocycles. The first-order valence-corrected chi connectivity index (χ1v) is 10.1. The lowest BCUT2D eigenvalue weighted by molar-refractivity contribution is -0.135. The number of rotatable bonds is 4. The Morgan fingerprint density at radius 1 is 1.15 bits per heavy atom. The van der Waals surface area contributed by atoms with Crippen LogP contribution in [0.4, 0.5) is 4.39 Å². The monoisotopic (exact) mass is 405 g/mol. The summed E-state index contributed by atoms with van der Waals surface area (Å²) in [4.78, 5) is 14.6. The fourth-order valence-electron chi connectivity index (χ4n) is 3.60. The second-order valence-corrected chi connectivity index (χ2v) is 8.77. The highest BCUT2D eigenvalue weighted by Crippen LogP contribution is 2.27. The molecule has 0 aliphatic carbocycles. The molecule has 0 saturated carbocycles. The van der Waals surface area contributed by atoms with Gasteiger partial charge >= 0.3 is 0 Å². The molecule has 0 radical (unpaired) electrons. The average Bonchev–Trinajstić information content (AvgIpc) is 3.11. The molecule has 2 aliphatic rings. The van der Waals surface area contributed by atoms with E-state index >= 15 is 0 Å². The van der Waals surface area contributed by atoms with Gasteiger partial charge in [-0.05, 0) is 56.0 Å². The maximum absolute atomic E-state index is 13.1. The summed E-state index contributed by atoms with van der Waals surface area (Å²) in [6.07, 6.45) is 2.25. The molecule has 2 heterocycles. The van der Waals surface area contributed by atoms with Crippen molar-refractivity contribution >= 4 is 28.3 Å². The van der Waals surface area contributed by atoms with Crippen LogP contribution < -0.4 is 5.73 Å². The Labute approximate surface area is 160 Å². The molecular weight excluding hydrogens is 381 g/mol. The first kappa shape index (κ1) is 21.1. The van der Waals surface area contributed by atoms with Crippen LogP contribution in [-0.2, 0) is 14.8 Å². The molecule has 146 valence electrons. The van der Waals surface area contributed by atoms with Gasteiger partial charge < -0.3 is 10.6 Å². The topological polar surface area (TPSA) is 83.7 Å². The number of halogens is 2. The summed E-state index contributed by atoms with van der Waals surface area (Å²) in [5.41, 5.74) is 5.68. The van der Waals surface area contributed by atoms with Gasteiger partial charge in [0.15, 0.2) is 0 Å². The second-order valence-electron chi connectivity index (χ2n) is 6.83. The number of likely N-dealkylation sites (tertiary alicyclic amines) is 1. The zero-order valence-electron chi connectivity index (χ0n) is 14.5. The third-order valence-corrected chi connectivity index (χ3v) is 7.00. The Kier molecular flexibility index (Phi) is 7.01. The highest BCUT2D eigenvalue weighted by molar-refractivity contribution is 7.89. The number of sulfonamides is 1. The third-order valence-electron chi connectivity index (χ3n) is 5.12. The second kappa shape index (κ2) is 8.65. The van der Waals surface area contributed by atoms with Crippen LogP contribution >= 0.6 is 12.4 Å². The Morgan fingerprint density at radius 2 is 1.85 bits per heavy atom. The summed E-state index contributed by atoms with van der Waals surface area (Å²) >= 11 is 0. The SMILES string of the molecule is Cl.NCC1CCN(C(=O)C2CCCN(S(=O)(=O)c3ccc(F)cc3)C2)C1. The quantitative estimate of drug-likeness (QED) is 0.821. The highest BCUT2D eigenvalue weighted by atomic mass is 35.5. The molecule has 6 nitrogen and oxygen atoms in total. The maximum atomic E-state index is 13.1. The highest BCUT2D eigenvalue weighted by Gasteiger charge is 2.36. The zero-order valence-corrected chi connectivity index (χ0v) is 16.1. The molecular formula is C17H25ClFN3O3S. The van der Waals surface area contributed by atoms with E-state index in [1.807, 2.05) is 4.90 Å². The molecule has 2 N–H and O–H groups in total. The van der Waals surface area contributed by atoms with Crippen LogP contribution in [-0.4, -0.2) is 56.3 Å². The van der Waals surface area contributed by atoms with Crippen molar-refractivity contribution in [2.45, 2.75) is 24.2 Å². The van der Waals surface area contributed by atoms with Crippen LogP contribution in [0.3, 0.4) is 0 Å². The van der Waals surface area contributed by atoms with E-state index in [1.165, 1.54) is 16.4 Å². The summed E-state index contributed by atoms with van der Waals surface area (Å²) in [5, 5.41) is 0. The van der Waals surface area contributed by atoms with E-state index in [4.69, 9.17) is 5.73 Å². The lowest BCUT2D eigenvalue weighted by Crippen LogP contribution is -2.46. The Hall–Kier alpha value is -1.22. The molecule has 2 atom stereocenters. The van der Waals surface area contributed by atoms with Gasteiger partial charge in [-0.3, -0.25) is 4.79 Å². The van der Waals surface area contributed by atoms with Gasteiger partial charge in [0, 0.05) is 26.2 Å². The first-order valence-electron chi connectivity index (χ1n) is 8.66.